The minimum absolute atomic E-state index is 0.755. The van der Waals surface area contributed by atoms with Crippen LogP contribution in [-0.4, -0.2) is 18.2 Å². The van der Waals surface area contributed by atoms with Gasteiger partial charge in [0, 0.05) is 6.42 Å². The Balaban J connectivity index is 2.44. The molecule has 0 radical (unpaired) electrons. The van der Waals surface area contributed by atoms with Crippen molar-refractivity contribution in [2.24, 2.45) is 0 Å². The summed E-state index contributed by atoms with van der Waals surface area (Å²) in [5.74, 6) is 1.79. The topological polar surface area (TPSA) is 34.2 Å². The van der Waals surface area contributed by atoms with Gasteiger partial charge in [-0.15, -0.1) is 0 Å². The van der Waals surface area contributed by atoms with E-state index in [0.29, 0.717) is 0 Å². The molecule has 66 valence electrons. The van der Waals surface area contributed by atoms with Crippen molar-refractivity contribution in [2.45, 2.75) is 20.3 Å². The number of ether oxygens (including phenoxy) is 2. The predicted molar refractivity (Wildman–Crippen MR) is 45.9 cm³/mol. The quantitative estimate of drug-likeness (QED) is 0.639. The second-order valence-electron chi connectivity index (χ2n) is 3.08. The first-order valence-electron chi connectivity index (χ1n) is 4.24. The highest BCUT2D eigenvalue weighted by Crippen LogP contribution is 2.35. The minimum atomic E-state index is 0.755. The van der Waals surface area contributed by atoms with Crippen LogP contribution in [0.15, 0.2) is 0 Å². The van der Waals surface area contributed by atoms with Crippen molar-refractivity contribution in [3.05, 3.63) is 11.4 Å². The molecule has 3 nitrogen and oxygen atoms in total. The average molecular weight is 167 g/mol. The molecule has 2 heterocycles. The van der Waals surface area contributed by atoms with Crippen LogP contribution in [0.4, 0.5) is 0 Å². The van der Waals surface area contributed by atoms with E-state index < -0.39 is 0 Å². The van der Waals surface area contributed by atoms with Crippen molar-refractivity contribution in [2.75, 3.05) is 13.2 Å². The minimum Gasteiger partial charge on any atom is -0.488 e. The van der Waals surface area contributed by atoms with Gasteiger partial charge in [0.1, 0.15) is 0 Å². The van der Waals surface area contributed by atoms with E-state index in [9.17, 15) is 0 Å². The van der Waals surface area contributed by atoms with E-state index in [-0.39, 0.29) is 0 Å². The van der Waals surface area contributed by atoms with E-state index in [4.69, 9.17) is 9.47 Å². The number of H-pyrrole nitrogens is 1. The third-order valence-corrected chi connectivity index (χ3v) is 2.04. The molecule has 0 aromatic carbocycles. The molecular formula is C9H13NO2. The zero-order valence-electron chi connectivity index (χ0n) is 7.44. The van der Waals surface area contributed by atoms with E-state index in [2.05, 4.69) is 4.98 Å². The van der Waals surface area contributed by atoms with Crippen LogP contribution in [0.1, 0.15) is 17.8 Å². The highest BCUT2D eigenvalue weighted by molar-refractivity contribution is 5.48. The van der Waals surface area contributed by atoms with Crippen molar-refractivity contribution < 1.29 is 9.47 Å². The number of hydrogen-bond acceptors (Lipinski definition) is 2. The molecule has 1 aromatic rings. The first-order chi connectivity index (χ1) is 5.79. The van der Waals surface area contributed by atoms with Crippen molar-refractivity contribution in [3.8, 4) is 11.5 Å². The Kier molecular flexibility index (Phi) is 1.71. The van der Waals surface area contributed by atoms with E-state index >= 15 is 0 Å². The molecular weight excluding hydrogens is 154 g/mol. The number of hydrogen-bond donors (Lipinski definition) is 1. The van der Waals surface area contributed by atoms with E-state index in [1.807, 2.05) is 13.8 Å². The molecule has 0 atom stereocenters. The monoisotopic (exact) mass is 167 g/mol. The van der Waals surface area contributed by atoms with E-state index in [0.717, 1.165) is 42.5 Å². The van der Waals surface area contributed by atoms with Gasteiger partial charge in [0.25, 0.3) is 0 Å². The van der Waals surface area contributed by atoms with E-state index in [1.54, 1.807) is 0 Å². The summed E-state index contributed by atoms with van der Waals surface area (Å²) in [6.07, 6.45) is 0.966. The number of aromatic nitrogens is 1. The normalized spacial score (nSPS) is 15.8. The summed E-state index contributed by atoms with van der Waals surface area (Å²) in [6, 6.07) is 0. The van der Waals surface area contributed by atoms with Gasteiger partial charge in [-0.3, -0.25) is 0 Å². The fraction of sp³-hybridized carbons (Fsp3) is 0.556. The molecule has 1 N–H and O–H groups in total. The smallest absolute Gasteiger partial charge is 0.181 e. The number of nitrogens with one attached hydrogen (secondary N) is 1. The Hall–Kier alpha value is -1.12. The molecule has 0 bridgehead atoms. The lowest BCUT2D eigenvalue weighted by Crippen LogP contribution is -1.99. The average Bonchev–Trinajstić information content (AvgIpc) is 2.29. The summed E-state index contributed by atoms with van der Waals surface area (Å²) in [5.41, 5.74) is 2.12. The SMILES string of the molecule is Cc1[nH]c(C)c2c1OCCCO2. The number of rotatable bonds is 0. The Bertz CT molecular complexity index is 264. The third-order valence-electron chi connectivity index (χ3n) is 2.04. The molecule has 0 saturated carbocycles. The van der Waals surface area contributed by atoms with Crippen LogP contribution in [0, 0.1) is 13.8 Å². The van der Waals surface area contributed by atoms with Gasteiger partial charge in [-0.25, -0.2) is 0 Å². The summed E-state index contributed by atoms with van der Waals surface area (Å²) >= 11 is 0. The maximum atomic E-state index is 5.54. The zero-order chi connectivity index (χ0) is 8.55. The molecule has 0 aliphatic carbocycles. The summed E-state index contributed by atoms with van der Waals surface area (Å²) in [4.78, 5) is 3.20. The van der Waals surface area contributed by atoms with Gasteiger partial charge < -0.3 is 14.5 Å². The van der Waals surface area contributed by atoms with Gasteiger partial charge >= 0.3 is 0 Å². The highest BCUT2D eigenvalue weighted by Gasteiger charge is 2.17. The first-order valence-corrected chi connectivity index (χ1v) is 4.24. The third kappa shape index (κ3) is 1.05. The molecule has 12 heavy (non-hydrogen) atoms. The van der Waals surface area contributed by atoms with Gasteiger partial charge in [0.2, 0.25) is 0 Å². The summed E-state index contributed by atoms with van der Waals surface area (Å²) in [5, 5.41) is 0. The number of aryl methyl sites for hydroxylation is 2. The van der Waals surface area contributed by atoms with Crippen LogP contribution in [0.3, 0.4) is 0 Å². The zero-order valence-corrected chi connectivity index (χ0v) is 7.44. The maximum Gasteiger partial charge on any atom is 0.181 e. The molecule has 0 spiro atoms. The van der Waals surface area contributed by atoms with Crippen LogP contribution in [0.5, 0.6) is 11.5 Å². The van der Waals surface area contributed by atoms with Crippen LogP contribution in [-0.2, 0) is 0 Å². The first kappa shape index (κ1) is 7.53. The van der Waals surface area contributed by atoms with Crippen molar-refractivity contribution >= 4 is 0 Å². The fourth-order valence-corrected chi connectivity index (χ4v) is 1.49. The summed E-state index contributed by atoms with van der Waals surface area (Å²) in [6.45, 7) is 5.51. The second-order valence-corrected chi connectivity index (χ2v) is 3.08. The lowest BCUT2D eigenvalue weighted by Gasteiger charge is -2.01. The van der Waals surface area contributed by atoms with Gasteiger partial charge in [-0.05, 0) is 13.8 Å². The molecule has 0 fully saturated rings. The Morgan fingerprint density at radius 2 is 1.50 bits per heavy atom. The van der Waals surface area contributed by atoms with Gasteiger partial charge in [0.15, 0.2) is 11.5 Å². The van der Waals surface area contributed by atoms with Gasteiger partial charge in [-0.2, -0.15) is 0 Å². The van der Waals surface area contributed by atoms with Gasteiger partial charge in [-0.1, -0.05) is 0 Å². The second kappa shape index (κ2) is 2.73. The highest BCUT2D eigenvalue weighted by atomic mass is 16.5. The molecule has 0 saturated heterocycles. The van der Waals surface area contributed by atoms with Crippen LogP contribution < -0.4 is 9.47 Å². The lowest BCUT2D eigenvalue weighted by molar-refractivity contribution is 0.293. The van der Waals surface area contributed by atoms with Crippen LogP contribution in [0.2, 0.25) is 0 Å². The van der Waals surface area contributed by atoms with Crippen molar-refractivity contribution in [1.82, 2.24) is 4.98 Å². The number of aromatic amines is 1. The fourth-order valence-electron chi connectivity index (χ4n) is 1.49. The molecule has 0 unspecified atom stereocenters. The van der Waals surface area contributed by atoms with Gasteiger partial charge in [0.05, 0.1) is 24.6 Å². The van der Waals surface area contributed by atoms with E-state index in [1.165, 1.54) is 0 Å². The van der Waals surface area contributed by atoms with Crippen molar-refractivity contribution in [1.29, 1.82) is 0 Å². The lowest BCUT2D eigenvalue weighted by atomic mass is 10.4. The largest absolute Gasteiger partial charge is 0.488 e. The molecule has 1 aliphatic rings. The molecule has 2 rings (SSSR count). The molecule has 0 amide bonds. The summed E-state index contributed by atoms with van der Waals surface area (Å²) < 4.78 is 11.1. The Morgan fingerprint density at radius 3 is 2.00 bits per heavy atom. The summed E-state index contributed by atoms with van der Waals surface area (Å²) in [7, 11) is 0. The molecule has 3 heteroatoms. The van der Waals surface area contributed by atoms with Crippen LogP contribution in [0.25, 0.3) is 0 Å². The predicted octanol–water partition coefficient (Wildman–Crippen LogP) is 1.79. The Morgan fingerprint density at radius 1 is 1.00 bits per heavy atom. The van der Waals surface area contributed by atoms with Crippen molar-refractivity contribution in [3.63, 3.8) is 0 Å². The maximum absolute atomic E-state index is 5.54. The molecule has 1 aliphatic heterocycles. The van der Waals surface area contributed by atoms with Crippen LogP contribution >= 0.6 is 0 Å². The Labute approximate surface area is 71.7 Å². The number of fused-ring (bicyclic) bond motifs is 1. The molecule has 1 aromatic heterocycles. The standard InChI is InChI=1S/C9H13NO2/c1-6-8-9(7(2)10-6)12-5-3-4-11-8/h10H,3-5H2,1-2H3.